The molecule has 0 aliphatic carbocycles. The molecule has 1 N–H and O–H groups in total. The van der Waals surface area contributed by atoms with Gasteiger partial charge in [0.2, 0.25) is 11.8 Å². The fraction of sp³-hybridized carbons (Fsp3) is 0.808. The van der Waals surface area contributed by atoms with Crippen LogP contribution < -0.4 is 0 Å². The summed E-state index contributed by atoms with van der Waals surface area (Å²) in [6, 6.07) is -0.789. The van der Waals surface area contributed by atoms with Crippen molar-refractivity contribution in [3.05, 3.63) is 12.7 Å². The lowest BCUT2D eigenvalue weighted by atomic mass is 9.66. The highest BCUT2D eigenvalue weighted by atomic mass is 16.6. The molecular weight excluding hydrogens is 436 g/mol. The summed E-state index contributed by atoms with van der Waals surface area (Å²) in [5, 5.41) is 9.07. The van der Waals surface area contributed by atoms with Crippen molar-refractivity contribution in [3.63, 3.8) is 0 Å². The van der Waals surface area contributed by atoms with Crippen LogP contribution in [-0.2, 0) is 23.9 Å². The highest BCUT2D eigenvalue weighted by molar-refractivity contribution is 5.98. The van der Waals surface area contributed by atoms with E-state index < -0.39 is 40.6 Å². The Hall–Kier alpha value is -1.93. The molecule has 3 saturated heterocycles. The summed E-state index contributed by atoms with van der Waals surface area (Å²) >= 11 is 0. The maximum Gasteiger partial charge on any atom is 0.312 e. The second-order valence-electron chi connectivity index (χ2n) is 11.1. The van der Waals surface area contributed by atoms with Crippen LogP contribution >= 0.6 is 0 Å². The Balaban J connectivity index is 2.01. The molecule has 0 aromatic carbocycles. The third kappa shape index (κ3) is 4.39. The maximum atomic E-state index is 14.2. The molecule has 3 fully saturated rings. The van der Waals surface area contributed by atoms with Crippen molar-refractivity contribution in [2.24, 2.45) is 11.8 Å². The van der Waals surface area contributed by atoms with Gasteiger partial charge in [-0.3, -0.25) is 14.4 Å². The molecule has 3 rings (SSSR count). The number of nitrogens with zero attached hydrogens (tertiary/aromatic N) is 2. The van der Waals surface area contributed by atoms with E-state index >= 15 is 0 Å². The van der Waals surface area contributed by atoms with Crippen molar-refractivity contribution in [2.45, 2.75) is 95.9 Å². The van der Waals surface area contributed by atoms with Crippen LogP contribution in [0.3, 0.4) is 0 Å². The zero-order valence-corrected chi connectivity index (χ0v) is 21.5. The van der Waals surface area contributed by atoms with E-state index in [9.17, 15) is 14.4 Å². The van der Waals surface area contributed by atoms with Crippen LogP contribution in [-0.4, -0.2) is 81.8 Å². The number of carbonyl (C=O) groups is 3. The third-order valence-electron chi connectivity index (χ3n) is 7.75. The fourth-order valence-electron chi connectivity index (χ4n) is 6.25. The largest absolute Gasteiger partial charge is 0.466 e. The van der Waals surface area contributed by atoms with E-state index in [1.807, 2.05) is 27.7 Å². The van der Waals surface area contributed by atoms with Gasteiger partial charge >= 0.3 is 5.97 Å². The molecule has 2 unspecified atom stereocenters. The minimum atomic E-state index is -1.03. The number of likely N-dealkylation sites (tertiary alicyclic amines) is 1. The van der Waals surface area contributed by atoms with Gasteiger partial charge in [-0.1, -0.05) is 18.9 Å². The number of unbranched alkanes of at least 4 members (excludes halogenated alkanes) is 3. The number of aliphatic hydroxyl groups excluding tert-OH is 1. The molecule has 192 valence electrons. The van der Waals surface area contributed by atoms with Gasteiger partial charge in [0.25, 0.3) is 0 Å². The van der Waals surface area contributed by atoms with Crippen molar-refractivity contribution < 1.29 is 29.0 Å². The Labute approximate surface area is 203 Å². The van der Waals surface area contributed by atoms with Crippen LogP contribution in [0.2, 0.25) is 0 Å². The van der Waals surface area contributed by atoms with Crippen LogP contribution in [0.15, 0.2) is 12.7 Å². The number of esters is 1. The molecule has 2 bridgehead atoms. The van der Waals surface area contributed by atoms with E-state index in [-0.39, 0.29) is 25.0 Å². The number of fused-ring (bicyclic) bond motifs is 1. The molecule has 8 heteroatoms. The second-order valence-corrected chi connectivity index (χ2v) is 11.1. The summed E-state index contributed by atoms with van der Waals surface area (Å²) in [7, 11) is 0. The Morgan fingerprint density at radius 3 is 2.53 bits per heavy atom. The Morgan fingerprint density at radius 1 is 1.26 bits per heavy atom. The van der Waals surface area contributed by atoms with Crippen molar-refractivity contribution >= 4 is 17.8 Å². The van der Waals surface area contributed by atoms with Crippen LogP contribution in [0.4, 0.5) is 0 Å². The van der Waals surface area contributed by atoms with E-state index in [4.69, 9.17) is 14.6 Å². The Morgan fingerprint density at radius 2 is 1.94 bits per heavy atom. The van der Waals surface area contributed by atoms with Gasteiger partial charge in [-0.15, -0.1) is 6.58 Å². The van der Waals surface area contributed by atoms with Crippen molar-refractivity contribution in [3.8, 4) is 0 Å². The average Bonchev–Trinajstić information content (AvgIpc) is 3.32. The van der Waals surface area contributed by atoms with E-state index in [2.05, 4.69) is 6.58 Å². The standard InChI is InChI=1S/C26H42N2O6/c1-7-15-28(24(3,4)5)22(31)20-26-14-13-25(6,34-26)19(23(32)33-8-2)18(26)21(30)27(20)16-11-9-10-12-17-29/h7,18-20,29H,1,8-17H2,2-6H3/t18-,19-,20?,25+,26?/m0/s1. The lowest BCUT2D eigenvalue weighted by Crippen LogP contribution is -2.60. The van der Waals surface area contributed by atoms with Crippen molar-refractivity contribution in [1.82, 2.24) is 9.80 Å². The van der Waals surface area contributed by atoms with Crippen LogP contribution in [0.25, 0.3) is 0 Å². The van der Waals surface area contributed by atoms with Gasteiger partial charge in [-0.2, -0.15) is 0 Å². The Bertz CT molecular complexity index is 808. The molecule has 2 amide bonds. The average molecular weight is 479 g/mol. The summed E-state index contributed by atoms with van der Waals surface area (Å²) in [4.78, 5) is 44.5. The number of hydrogen-bond acceptors (Lipinski definition) is 6. The SMILES string of the molecule is C=CCN(C(=O)C1N(CCCCCCO)C(=O)[C@@H]2[C@@H](C(=O)OCC)[C@@]3(C)CCC12O3)C(C)(C)C. The van der Waals surface area contributed by atoms with Gasteiger partial charge in [-0.05, 0) is 60.3 Å². The lowest BCUT2D eigenvalue weighted by molar-refractivity contribution is -0.160. The molecular formula is C26H42N2O6. The van der Waals surface area contributed by atoms with Crippen LogP contribution in [0.1, 0.15) is 73.1 Å². The number of ether oxygens (including phenoxy) is 2. The van der Waals surface area contributed by atoms with Gasteiger partial charge in [-0.25, -0.2) is 0 Å². The molecule has 8 nitrogen and oxygen atoms in total. The molecule has 0 radical (unpaired) electrons. The molecule has 0 saturated carbocycles. The number of carbonyl (C=O) groups excluding carboxylic acids is 3. The van der Waals surface area contributed by atoms with Gasteiger partial charge < -0.3 is 24.4 Å². The predicted molar refractivity (Wildman–Crippen MR) is 128 cm³/mol. The monoisotopic (exact) mass is 478 g/mol. The van der Waals surface area contributed by atoms with Crippen LogP contribution in [0, 0.1) is 11.8 Å². The van der Waals surface area contributed by atoms with Crippen molar-refractivity contribution in [1.29, 1.82) is 0 Å². The summed E-state index contributed by atoms with van der Waals surface area (Å²) in [6.07, 6.45) is 5.99. The topological polar surface area (TPSA) is 96.4 Å². The normalized spacial score (nSPS) is 32.1. The summed E-state index contributed by atoms with van der Waals surface area (Å²) in [5.41, 5.74) is -2.32. The molecule has 5 atom stereocenters. The maximum absolute atomic E-state index is 14.2. The first-order valence-electron chi connectivity index (χ1n) is 12.7. The van der Waals surface area contributed by atoms with Gasteiger partial charge in [0.15, 0.2) is 0 Å². The highest BCUT2D eigenvalue weighted by Crippen LogP contribution is 2.63. The number of rotatable bonds is 11. The minimum absolute atomic E-state index is 0.144. The molecule has 0 aromatic rings. The number of aliphatic hydroxyl groups is 1. The Kier molecular flexibility index (Phi) is 7.82. The first kappa shape index (κ1) is 26.7. The number of amides is 2. The molecule has 3 heterocycles. The van der Waals surface area contributed by atoms with E-state index in [0.29, 0.717) is 32.4 Å². The zero-order valence-electron chi connectivity index (χ0n) is 21.5. The predicted octanol–water partition coefficient (Wildman–Crippen LogP) is 2.68. The summed E-state index contributed by atoms with van der Waals surface area (Å²) in [5.74, 6) is -2.20. The quantitative estimate of drug-likeness (QED) is 0.279. The van der Waals surface area contributed by atoms with E-state index in [1.54, 1.807) is 22.8 Å². The zero-order chi connectivity index (χ0) is 25.3. The smallest absolute Gasteiger partial charge is 0.312 e. The van der Waals surface area contributed by atoms with Crippen molar-refractivity contribution in [2.75, 3.05) is 26.3 Å². The minimum Gasteiger partial charge on any atom is -0.466 e. The molecule has 0 aromatic heterocycles. The van der Waals surface area contributed by atoms with E-state index in [1.165, 1.54) is 0 Å². The highest BCUT2D eigenvalue weighted by Gasteiger charge is 2.78. The fourth-order valence-corrected chi connectivity index (χ4v) is 6.25. The van der Waals surface area contributed by atoms with Gasteiger partial charge in [0.05, 0.1) is 18.1 Å². The van der Waals surface area contributed by atoms with Gasteiger partial charge in [0, 0.05) is 25.2 Å². The molecule has 34 heavy (non-hydrogen) atoms. The van der Waals surface area contributed by atoms with Gasteiger partial charge in [0.1, 0.15) is 17.6 Å². The second kappa shape index (κ2) is 9.97. The molecule has 3 aliphatic heterocycles. The molecule has 3 aliphatic rings. The van der Waals surface area contributed by atoms with E-state index in [0.717, 1.165) is 19.3 Å². The first-order valence-corrected chi connectivity index (χ1v) is 12.7. The molecule has 1 spiro atoms. The number of hydrogen-bond donors (Lipinski definition) is 1. The lowest BCUT2D eigenvalue weighted by Gasteiger charge is -2.42. The third-order valence-corrected chi connectivity index (χ3v) is 7.75. The summed E-state index contributed by atoms with van der Waals surface area (Å²) < 4.78 is 12.0. The van der Waals surface area contributed by atoms with Crippen LogP contribution in [0.5, 0.6) is 0 Å². The summed E-state index contributed by atoms with van der Waals surface area (Å²) in [6.45, 7) is 14.5. The first-order chi connectivity index (χ1) is 16.0.